The van der Waals surface area contributed by atoms with Crippen molar-refractivity contribution in [2.24, 2.45) is 0 Å². The first-order valence-electron chi connectivity index (χ1n) is 13.9. The number of benzene rings is 1. The Kier molecular flexibility index (Phi) is 9.75. The Hall–Kier alpha value is -4.21. The van der Waals surface area contributed by atoms with Gasteiger partial charge in [-0.25, -0.2) is 18.6 Å². The monoisotopic (exact) mass is 659 g/mol. The van der Waals surface area contributed by atoms with E-state index in [0.29, 0.717) is 30.6 Å². The third-order valence-corrected chi connectivity index (χ3v) is 6.75. The molecule has 4 rings (SSSR count). The SMILES string of the molecule is CC(C)(C)OC(=O)NCCCCNC(=O)c1ccc(NC(=O)c2ncc(Cc3cn([C@H]4CC4(F)F)nc3C(F)(F)F)[nH]2)cc1Cl. The van der Waals surface area contributed by atoms with Gasteiger partial charge in [-0.05, 0) is 51.8 Å². The molecule has 3 aromatic rings. The number of halogens is 6. The number of unbranched alkanes of at least 4 members (excludes halogenated alkanes) is 1. The van der Waals surface area contributed by atoms with Crippen LogP contribution in [0.25, 0.3) is 0 Å². The minimum Gasteiger partial charge on any atom is -0.444 e. The molecular weight excluding hydrogens is 629 g/mol. The highest BCUT2D eigenvalue weighted by Crippen LogP contribution is 2.52. The van der Waals surface area contributed by atoms with Crippen molar-refractivity contribution in [3.8, 4) is 0 Å². The first kappa shape index (κ1) is 33.7. The lowest BCUT2D eigenvalue weighted by Gasteiger charge is -2.19. The van der Waals surface area contributed by atoms with Gasteiger partial charge in [-0.15, -0.1) is 0 Å². The van der Waals surface area contributed by atoms with Gasteiger partial charge in [0.25, 0.3) is 17.7 Å². The smallest absolute Gasteiger partial charge is 0.435 e. The Balaban J connectivity index is 1.28. The minimum atomic E-state index is -4.87. The first-order chi connectivity index (χ1) is 20.9. The van der Waals surface area contributed by atoms with E-state index in [1.54, 1.807) is 20.8 Å². The summed E-state index contributed by atoms with van der Waals surface area (Å²) >= 11 is 6.25. The van der Waals surface area contributed by atoms with E-state index < -0.39 is 53.8 Å². The molecule has 1 atom stereocenters. The highest BCUT2D eigenvalue weighted by molar-refractivity contribution is 6.34. The highest BCUT2D eigenvalue weighted by atomic mass is 35.5. The highest BCUT2D eigenvalue weighted by Gasteiger charge is 2.59. The Morgan fingerprint density at radius 3 is 2.38 bits per heavy atom. The van der Waals surface area contributed by atoms with Crippen LogP contribution in [-0.2, 0) is 17.3 Å². The number of rotatable bonds is 11. The standard InChI is InChI=1S/C28H31ClF5N7O4/c1-26(2,3)45-25(44)36-9-5-4-8-35-23(42)18-7-6-16(11-19(18)29)39-24(43)22-37-13-17(38-22)10-15-14-41(20-12-27(20,30)31)40-21(15)28(32,33)34/h6-7,11,13-14,20H,4-5,8-10,12H2,1-3H3,(H,35,42)(H,36,44)(H,37,38)(H,39,43)/t20-/m0/s1. The zero-order chi connectivity index (χ0) is 33.2. The molecule has 1 aliphatic carbocycles. The predicted octanol–water partition coefficient (Wildman–Crippen LogP) is 5.74. The fourth-order valence-corrected chi connectivity index (χ4v) is 4.50. The maximum absolute atomic E-state index is 13.5. The van der Waals surface area contributed by atoms with E-state index in [1.807, 2.05) is 0 Å². The summed E-state index contributed by atoms with van der Waals surface area (Å²) in [5.74, 6) is -4.52. The summed E-state index contributed by atoms with van der Waals surface area (Å²) in [7, 11) is 0. The molecule has 0 saturated heterocycles. The second kappa shape index (κ2) is 13.0. The van der Waals surface area contributed by atoms with Gasteiger partial charge in [-0.1, -0.05) is 11.6 Å². The van der Waals surface area contributed by atoms with E-state index in [2.05, 4.69) is 31.0 Å². The molecule has 1 fully saturated rings. The van der Waals surface area contributed by atoms with Crippen LogP contribution < -0.4 is 16.0 Å². The molecule has 11 nitrogen and oxygen atoms in total. The number of hydrogen-bond acceptors (Lipinski definition) is 6. The van der Waals surface area contributed by atoms with E-state index in [9.17, 15) is 36.3 Å². The van der Waals surface area contributed by atoms with E-state index in [0.717, 1.165) is 12.4 Å². The Morgan fingerprint density at radius 2 is 1.78 bits per heavy atom. The van der Waals surface area contributed by atoms with Gasteiger partial charge in [0, 0.05) is 55.3 Å². The van der Waals surface area contributed by atoms with Crippen molar-refractivity contribution in [2.75, 3.05) is 18.4 Å². The number of aromatic nitrogens is 4. The molecule has 3 amide bonds. The third kappa shape index (κ3) is 9.15. The molecule has 0 bridgehead atoms. The topological polar surface area (TPSA) is 143 Å². The number of carbonyl (C=O) groups excluding carboxylic acids is 3. The van der Waals surface area contributed by atoms with Crippen molar-refractivity contribution >= 4 is 35.2 Å². The van der Waals surface area contributed by atoms with E-state index >= 15 is 0 Å². The van der Waals surface area contributed by atoms with Crippen LogP contribution >= 0.6 is 11.6 Å². The van der Waals surface area contributed by atoms with Crippen molar-refractivity contribution in [3.05, 3.63) is 64.0 Å². The molecule has 2 aromatic heterocycles. The summed E-state index contributed by atoms with van der Waals surface area (Å²) in [6, 6.07) is 2.76. The fraction of sp³-hybridized carbons (Fsp3) is 0.464. The zero-order valence-corrected chi connectivity index (χ0v) is 25.2. The molecule has 244 valence electrons. The quantitative estimate of drug-likeness (QED) is 0.153. The van der Waals surface area contributed by atoms with Crippen LogP contribution in [0.5, 0.6) is 0 Å². The summed E-state index contributed by atoms with van der Waals surface area (Å²) in [5.41, 5.74) is -1.73. The first-order valence-corrected chi connectivity index (χ1v) is 14.2. The number of amides is 3. The van der Waals surface area contributed by atoms with Gasteiger partial charge in [0.1, 0.15) is 11.6 Å². The minimum absolute atomic E-state index is 0.0509. The summed E-state index contributed by atoms with van der Waals surface area (Å²) in [6.45, 7) is 5.97. The summed E-state index contributed by atoms with van der Waals surface area (Å²) in [6.07, 6.45) is -3.10. The van der Waals surface area contributed by atoms with Crippen molar-refractivity contribution in [2.45, 2.75) is 70.2 Å². The normalized spacial score (nSPS) is 15.8. The summed E-state index contributed by atoms with van der Waals surface area (Å²) in [4.78, 5) is 43.4. The van der Waals surface area contributed by atoms with Crippen LogP contribution in [0, 0.1) is 0 Å². The molecule has 0 unspecified atom stereocenters. The summed E-state index contributed by atoms with van der Waals surface area (Å²) < 4.78 is 73.1. The molecule has 4 N–H and O–H groups in total. The van der Waals surface area contributed by atoms with E-state index in [4.69, 9.17) is 16.3 Å². The lowest BCUT2D eigenvalue weighted by molar-refractivity contribution is -0.142. The van der Waals surface area contributed by atoms with Gasteiger partial charge in [0.15, 0.2) is 11.5 Å². The maximum Gasteiger partial charge on any atom is 0.435 e. The third-order valence-electron chi connectivity index (χ3n) is 6.44. The maximum atomic E-state index is 13.5. The second-order valence-corrected chi connectivity index (χ2v) is 11.8. The van der Waals surface area contributed by atoms with Crippen LogP contribution in [0.3, 0.4) is 0 Å². The molecule has 2 heterocycles. The Morgan fingerprint density at radius 1 is 1.11 bits per heavy atom. The molecule has 45 heavy (non-hydrogen) atoms. The number of imidazole rings is 1. The Labute approximate surface area is 259 Å². The number of carbonyl (C=O) groups is 3. The molecule has 0 aliphatic heterocycles. The number of alkyl halides is 5. The van der Waals surface area contributed by atoms with Gasteiger partial charge in [0.05, 0.1) is 10.6 Å². The van der Waals surface area contributed by atoms with Crippen molar-refractivity contribution < 1.29 is 41.1 Å². The zero-order valence-electron chi connectivity index (χ0n) is 24.4. The number of ether oxygens (including phenoxy) is 1. The van der Waals surface area contributed by atoms with Gasteiger partial charge < -0.3 is 25.7 Å². The van der Waals surface area contributed by atoms with E-state index in [1.165, 1.54) is 18.2 Å². The fourth-order valence-electron chi connectivity index (χ4n) is 4.23. The second-order valence-electron chi connectivity index (χ2n) is 11.4. The lowest BCUT2D eigenvalue weighted by atomic mass is 10.1. The van der Waals surface area contributed by atoms with Crippen molar-refractivity contribution in [3.63, 3.8) is 0 Å². The molecular formula is C28H31ClF5N7O4. The van der Waals surface area contributed by atoms with Gasteiger partial charge in [0.2, 0.25) is 0 Å². The molecule has 1 saturated carbocycles. The number of alkyl carbamates (subject to hydrolysis) is 1. The van der Waals surface area contributed by atoms with E-state index in [-0.39, 0.29) is 39.8 Å². The number of H-pyrrole nitrogens is 1. The largest absolute Gasteiger partial charge is 0.444 e. The Bertz CT molecular complexity index is 1570. The number of anilines is 1. The van der Waals surface area contributed by atoms with Crippen LogP contribution in [0.2, 0.25) is 5.02 Å². The van der Waals surface area contributed by atoms with Crippen LogP contribution in [0.15, 0.2) is 30.6 Å². The molecule has 0 spiro atoms. The summed E-state index contributed by atoms with van der Waals surface area (Å²) in [5, 5.41) is 11.3. The average molecular weight is 660 g/mol. The predicted molar refractivity (Wildman–Crippen MR) is 152 cm³/mol. The lowest BCUT2D eigenvalue weighted by Crippen LogP contribution is -2.33. The van der Waals surface area contributed by atoms with Crippen LogP contribution in [0.1, 0.15) is 84.0 Å². The van der Waals surface area contributed by atoms with Crippen molar-refractivity contribution in [1.82, 2.24) is 30.4 Å². The number of aromatic amines is 1. The molecule has 1 aromatic carbocycles. The van der Waals surface area contributed by atoms with Crippen LogP contribution in [-0.4, -0.2) is 62.3 Å². The molecule has 17 heteroatoms. The van der Waals surface area contributed by atoms with Gasteiger partial charge in [-0.3, -0.25) is 14.3 Å². The molecule has 1 aliphatic rings. The van der Waals surface area contributed by atoms with Crippen molar-refractivity contribution in [1.29, 1.82) is 0 Å². The number of nitrogens with one attached hydrogen (secondary N) is 4. The van der Waals surface area contributed by atoms with Crippen LogP contribution in [0.4, 0.5) is 32.4 Å². The van der Waals surface area contributed by atoms with Gasteiger partial charge >= 0.3 is 12.3 Å². The van der Waals surface area contributed by atoms with Gasteiger partial charge in [-0.2, -0.15) is 18.3 Å². The average Bonchev–Trinajstić information content (AvgIpc) is 3.24. The number of nitrogens with zero attached hydrogens (tertiary/aromatic N) is 3. The molecule has 0 radical (unpaired) electrons. The number of hydrogen-bond donors (Lipinski definition) is 4.